The maximum absolute atomic E-state index is 13.0. The molecule has 4 amide bonds. The Balaban J connectivity index is 1.21. The molecule has 7 aliphatic rings. The van der Waals surface area contributed by atoms with Crippen LogP contribution in [0.5, 0.6) is 0 Å². The second-order valence-corrected chi connectivity index (χ2v) is 25.1. The van der Waals surface area contributed by atoms with E-state index in [2.05, 4.69) is 21.3 Å². The standard InChI is InChI=1S/C56H96N4O40/c1-14-30(72)39(81)42(84)53(89-14)87-12-20(71)45(31(73)19(6-61)57-15(2)67)96-51-28(59-17(4)69)38(80)47(25(11-66)93-51)98-55-44(86)48(35(77)26(95-55)13-88-54-43(85)40(82)33(75)22(8-63)91-54)99-56-49(41(83)34(76)23(9-64)92-56)100-52-29(60-18(5)70)37(79)46(24(10-65)94-52)97-50-27(58-16(3)68)36(78)32(74)21(7-62)90-50/h14,19-56,61-66,71-86H,6-13H2,1-5H3,(H,57,67)(H,58,68)(H,59,69)(H,60,70)/t14-,19-,20+,21+,22+,23+,24+,25+,26+,27+,28+,29+,30+,31+,32-,33+,34+,35+,36+,37+,38+,39+,40-,41-,42-,43-,44-,45+,46+,47+,48-,49-,50-,51-,52-,53+,54-,55-,56+/m0/s1. The Morgan fingerprint density at radius 1 is 0.370 bits per heavy atom. The summed E-state index contributed by atoms with van der Waals surface area (Å²) in [7, 11) is 0. The first-order valence-electron chi connectivity index (χ1n) is 31.9. The van der Waals surface area contributed by atoms with Gasteiger partial charge in [-0.25, -0.2) is 0 Å². The van der Waals surface area contributed by atoms with Gasteiger partial charge in [-0.3, -0.25) is 19.2 Å². The van der Waals surface area contributed by atoms with Gasteiger partial charge in [-0.15, -0.1) is 0 Å². The second-order valence-electron chi connectivity index (χ2n) is 25.1. The number of nitrogens with one attached hydrogen (secondary N) is 4. The molecule has 0 unspecified atom stereocenters. The first-order valence-corrected chi connectivity index (χ1v) is 31.9. The minimum absolute atomic E-state index is 0.787. The zero-order valence-electron chi connectivity index (χ0n) is 54.4. The van der Waals surface area contributed by atoms with Crippen LogP contribution in [-0.4, -0.2) is 428 Å². The summed E-state index contributed by atoms with van der Waals surface area (Å²) >= 11 is 0. The number of hydrogen-bond donors (Lipinski definition) is 26. The van der Waals surface area contributed by atoms with Crippen LogP contribution >= 0.6 is 0 Å². The molecule has 7 rings (SSSR count). The lowest BCUT2D eigenvalue weighted by atomic mass is 9.94. The molecule has 39 atom stereocenters. The van der Waals surface area contributed by atoms with Gasteiger partial charge in [0.15, 0.2) is 44.0 Å². The number of ether oxygens (including phenoxy) is 14. The Bertz CT molecular complexity index is 2570. The average Bonchev–Trinajstić information content (AvgIpc) is 0.768. The van der Waals surface area contributed by atoms with Crippen LogP contribution in [0.1, 0.15) is 34.6 Å². The van der Waals surface area contributed by atoms with E-state index in [4.69, 9.17) is 66.3 Å². The van der Waals surface area contributed by atoms with E-state index in [0.717, 1.165) is 27.7 Å². The Hall–Kier alpha value is -3.56. The zero-order valence-corrected chi connectivity index (χ0v) is 54.4. The molecule has 7 heterocycles. The summed E-state index contributed by atoms with van der Waals surface area (Å²) in [4.78, 5) is 50.4. The smallest absolute Gasteiger partial charge is 0.217 e. The number of aliphatic hydroxyl groups is 22. The van der Waals surface area contributed by atoms with Gasteiger partial charge in [-0.05, 0) is 6.92 Å². The minimum Gasteiger partial charge on any atom is -0.394 e. The first-order chi connectivity index (χ1) is 47.2. The molecule has 0 saturated carbocycles. The molecular weight excluding hydrogens is 1370 g/mol. The van der Waals surface area contributed by atoms with E-state index >= 15 is 0 Å². The van der Waals surface area contributed by atoms with E-state index in [1.165, 1.54) is 6.92 Å². The van der Waals surface area contributed by atoms with Gasteiger partial charge in [0.2, 0.25) is 23.6 Å². The van der Waals surface area contributed by atoms with Gasteiger partial charge in [-0.2, -0.15) is 0 Å². The van der Waals surface area contributed by atoms with E-state index in [-0.39, 0.29) is 0 Å². The lowest BCUT2D eigenvalue weighted by Crippen LogP contribution is -2.71. The lowest BCUT2D eigenvalue weighted by Gasteiger charge is -2.51. The van der Waals surface area contributed by atoms with Crippen LogP contribution in [0.25, 0.3) is 0 Å². The third-order valence-electron chi connectivity index (χ3n) is 17.8. The summed E-state index contributed by atoms with van der Waals surface area (Å²) < 4.78 is 82.1. The van der Waals surface area contributed by atoms with Gasteiger partial charge in [-0.1, -0.05) is 0 Å². The molecule has 7 aliphatic heterocycles. The molecule has 580 valence electrons. The highest BCUT2D eigenvalue weighted by molar-refractivity contribution is 5.74. The van der Waals surface area contributed by atoms with Crippen molar-refractivity contribution in [2.24, 2.45) is 0 Å². The highest BCUT2D eigenvalue weighted by atomic mass is 16.8. The number of rotatable bonds is 29. The SMILES string of the molecule is CC(=O)N[C@H]1[C@H](O[C@@H]([C@H](O)[C@H](CO)NC(C)=O)[C@H](O)CO[C@@H]2O[C@@H](C)[C@@H](O)[C@@H](O)[C@@H]2O)O[C@H](CO)[C@@H](O[C@@H]2O[C@H](CO[C@H]3O[C@H](CO)[C@@H](O)[C@H](O)[C@@H]3O)[C@@H](O)[C@H](O[C@H]3O[C@H](CO)[C@@H](O)[C@H](O)[C@@H]3O[C@@H]3O[C@H](CO)[C@@H](O[C@@H]4O[C@H](CO)[C@H](O)[C@H](O)[C@H]4NC(C)=O)[C@H](O)[C@H]3NC(C)=O)[C@@H]2O)[C@@H]1O. The van der Waals surface area contributed by atoms with Crippen LogP contribution in [0.2, 0.25) is 0 Å². The van der Waals surface area contributed by atoms with E-state index in [0.29, 0.717) is 0 Å². The fourth-order valence-corrected chi connectivity index (χ4v) is 12.4. The monoisotopic (exact) mass is 1460 g/mol. The van der Waals surface area contributed by atoms with Gasteiger partial charge in [0.1, 0.15) is 183 Å². The molecule has 0 aromatic rings. The number of carbonyl (C=O) groups excluding carboxylic acids is 4. The van der Waals surface area contributed by atoms with Crippen LogP contribution in [-0.2, 0) is 85.5 Å². The van der Waals surface area contributed by atoms with Gasteiger partial charge in [0.05, 0.1) is 65.0 Å². The van der Waals surface area contributed by atoms with Crippen molar-refractivity contribution >= 4 is 23.6 Å². The van der Waals surface area contributed by atoms with Crippen molar-refractivity contribution < 1.29 is 198 Å². The maximum atomic E-state index is 13.0. The molecule has 7 saturated heterocycles. The fourth-order valence-electron chi connectivity index (χ4n) is 12.4. The molecule has 44 nitrogen and oxygen atoms in total. The Labute approximate surface area is 568 Å². The highest BCUT2D eigenvalue weighted by Crippen LogP contribution is 2.38. The summed E-state index contributed by atoms with van der Waals surface area (Å²) in [6, 6.07) is -7.21. The normalized spacial score (nSPS) is 45.4. The van der Waals surface area contributed by atoms with Crippen LogP contribution < -0.4 is 21.3 Å². The molecule has 0 aliphatic carbocycles. The van der Waals surface area contributed by atoms with Crippen molar-refractivity contribution in [1.29, 1.82) is 0 Å². The van der Waals surface area contributed by atoms with E-state index in [1.54, 1.807) is 0 Å². The van der Waals surface area contributed by atoms with Crippen LogP contribution in [0, 0.1) is 0 Å². The second kappa shape index (κ2) is 37.1. The summed E-state index contributed by atoms with van der Waals surface area (Å²) in [5.74, 6) is -3.51. The summed E-state index contributed by atoms with van der Waals surface area (Å²) in [6.45, 7) is -3.20. The molecular formula is C56H96N4O40. The van der Waals surface area contributed by atoms with Crippen molar-refractivity contribution in [3.05, 3.63) is 0 Å². The molecule has 26 N–H and O–H groups in total. The predicted molar refractivity (Wildman–Crippen MR) is 312 cm³/mol. The topological polar surface area (TPSA) is 691 Å². The van der Waals surface area contributed by atoms with Gasteiger partial charge >= 0.3 is 0 Å². The number of amides is 4. The maximum Gasteiger partial charge on any atom is 0.217 e. The van der Waals surface area contributed by atoms with E-state index in [1.807, 2.05) is 0 Å². The van der Waals surface area contributed by atoms with Gasteiger partial charge < -0.3 is 200 Å². The lowest BCUT2D eigenvalue weighted by molar-refractivity contribution is -0.396. The first kappa shape index (κ1) is 83.7. The third kappa shape index (κ3) is 19.3. The van der Waals surface area contributed by atoms with Crippen LogP contribution in [0.15, 0.2) is 0 Å². The molecule has 0 radical (unpaired) electrons. The molecule has 0 spiro atoms. The van der Waals surface area contributed by atoms with Gasteiger partial charge in [0.25, 0.3) is 0 Å². The third-order valence-corrected chi connectivity index (χ3v) is 17.8. The van der Waals surface area contributed by atoms with Crippen molar-refractivity contribution in [2.75, 3.05) is 52.9 Å². The van der Waals surface area contributed by atoms with Crippen molar-refractivity contribution in [3.63, 3.8) is 0 Å². The fraction of sp³-hybridized carbons (Fsp3) is 0.929. The molecule has 0 bridgehead atoms. The Morgan fingerprint density at radius 2 is 0.770 bits per heavy atom. The van der Waals surface area contributed by atoms with Crippen molar-refractivity contribution in [2.45, 2.75) is 274 Å². The summed E-state index contributed by atoms with van der Waals surface area (Å²) in [5.41, 5.74) is 0. The Morgan fingerprint density at radius 3 is 1.27 bits per heavy atom. The number of carbonyl (C=O) groups is 4. The Kier molecular flexibility index (Phi) is 31.1. The average molecular weight is 1470 g/mol. The quantitative estimate of drug-likeness (QED) is 0.0331. The van der Waals surface area contributed by atoms with Crippen molar-refractivity contribution in [1.82, 2.24) is 21.3 Å². The van der Waals surface area contributed by atoms with Crippen LogP contribution in [0.4, 0.5) is 0 Å². The summed E-state index contributed by atoms with van der Waals surface area (Å²) in [6.07, 6.45) is -70.5. The number of hydrogen-bond acceptors (Lipinski definition) is 40. The highest BCUT2D eigenvalue weighted by Gasteiger charge is 2.59. The summed E-state index contributed by atoms with van der Waals surface area (Å²) in [5, 5.41) is 252. The predicted octanol–water partition coefficient (Wildman–Crippen LogP) is -17.2. The van der Waals surface area contributed by atoms with E-state index in [9.17, 15) is 132 Å². The van der Waals surface area contributed by atoms with E-state index < -0.39 is 316 Å². The molecule has 44 heteroatoms. The molecule has 0 aromatic carbocycles. The van der Waals surface area contributed by atoms with Gasteiger partial charge in [0, 0.05) is 27.7 Å². The van der Waals surface area contributed by atoms with Crippen LogP contribution in [0.3, 0.4) is 0 Å². The molecule has 100 heavy (non-hydrogen) atoms. The largest absolute Gasteiger partial charge is 0.394 e. The minimum atomic E-state index is -2.50. The van der Waals surface area contributed by atoms with Crippen molar-refractivity contribution in [3.8, 4) is 0 Å². The molecule has 7 fully saturated rings. The molecule has 0 aromatic heterocycles. The zero-order chi connectivity index (χ0) is 74.2. The number of aliphatic hydroxyl groups excluding tert-OH is 22.